The molecule has 0 amide bonds. The molecule has 1 N–H and O–H groups in total. The first-order chi connectivity index (χ1) is 16.3. The maximum absolute atomic E-state index is 12.5. The van der Waals surface area contributed by atoms with Crippen molar-refractivity contribution in [1.29, 1.82) is 0 Å². The number of nitrogens with zero attached hydrogens (tertiary/aromatic N) is 1. The number of ether oxygens (including phenoxy) is 2. The molecule has 1 saturated heterocycles. The summed E-state index contributed by atoms with van der Waals surface area (Å²) in [6.07, 6.45) is 2.40. The number of rotatable bonds is 9. The van der Waals surface area contributed by atoms with E-state index in [-0.39, 0.29) is 17.2 Å². The third-order valence-electron chi connectivity index (χ3n) is 7.23. The summed E-state index contributed by atoms with van der Waals surface area (Å²) < 4.78 is 37.9. The fraction of sp³-hybridized carbons (Fsp3) is 0.538. The lowest BCUT2D eigenvalue weighted by Gasteiger charge is -2.42. The molecule has 0 saturated carbocycles. The molecule has 6 nitrogen and oxygen atoms in total. The Balaban J connectivity index is 1.45. The first-order valence-electron chi connectivity index (χ1n) is 12.1. The lowest BCUT2D eigenvalue weighted by Crippen LogP contribution is -2.43. The van der Waals surface area contributed by atoms with Crippen molar-refractivity contribution in [2.24, 2.45) is 0 Å². The number of hydrogen-bond acceptors (Lipinski definition) is 5. The molecule has 2 aliphatic rings. The quantitative estimate of drug-likeness (QED) is 0.513. The van der Waals surface area contributed by atoms with Crippen LogP contribution in [0.3, 0.4) is 0 Å². The van der Waals surface area contributed by atoms with Crippen LogP contribution in [-0.4, -0.2) is 57.9 Å². The largest absolute Gasteiger partial charge is 0.494 e. The van der Waals surface area contributed by atoms with Crippen molar-refractivity contribution in [2.45, 2.75) is 44.6 Å². The molecule has 2 aliphatic heterocycles. The number of sulfonamides is 1. The number of halogens is 1. The molecule has 186 valence electrons. The predicted molar refractivity (Wildman–Crippen MR) is 136 cm³/mol. The normalized spacial score (nSPS) is 21.0. The molecule has 0 aromatic heterocycles. The van der Waals surface area contributed by atoms with Crippen LogP contribution in [0.5, 0.6) is 5.75 Å². The Kier molecular flexibility index (Phi) is 8.20. The van der Waals surface area contributed by atoms with Crippen LogP contribution in [0, 0.1) is 0 Å². The smallest absolute Gasteiger partial charge is 0.214 e. The SMILES string of the molecule is CCC(C)(c1ccc(Cl)cc1)C1NCCc2ccc(OCCCS(=O)(=O)N3CCOCC3)cc21. The molecule has 34 heavy (non-hydrogen) atoms. The predicted octanol–water partition coefficient (Wildman–Crippen LogP) is 4.33. The maximum Gasteiger partial charge on any atom is 0.214 e. The Morgan fingerprint density at radius 3 is 2.62 bits per heavy atom. The molecular formula is C26H35ClN2O4S. The average molecular weight is 507 g/mol. The van der Waals surface area contributed by atoms with Crippen molar-refractivity contribution < 1.29 is 17.9 Å². The van der Waals surface area contributed by atoms with Gasteiger partial charge in [-0.1, -0.05) is 43.6 Å². The molecule has 2 aromatic rings. The number of hydrogen-bond donors (Lipinski definition) is 1. The van der Waals surface area contributed by atoms with Crippen LogP contribution in [0.15, 0.2) is 42.5 Å². The molecule has 0 spiro atoms. The van der Waals surface area contributed by atoms with Gasteiger partial charge in [0.15, 0.2) is 0 Å². The molecule has 2 atom stereocenters. The van der Waals surface area contributed by atoms with Crippen LogP contribution < -0.4 is 10.1 Å². The van der Waals surface area contributed by atoms with Gasteiger partial charge in [0.25, 0.3) is 0 Å². The highest BCUT2D eigenvalue weighted by molar-refractivity contribution is 7.89. The van der Waals surface area contributed by atoms with Crippen molar-refractivity contribution >= 4 is 21.6 Å². The van der Waals surface area contributed by atoms with Crippen molar-refractivity contribution in [1.82, 2.24) is 9.62 Å². The summed E-state index contributed by atoms with van der Waals surface area (Å²) >= 11 is 6.15. The summed E-state index contributed by atoms with van der Waals surface area (Å²) in [4.78, 5) is 0. The number of fused-ring (bicyclic) bond motifs is 1. The van der Waals surface area contributed by atoms with Crippen LogP contribution in [0.1, 0.15) is 49.4 Å². The molecule has 2 unspecified atom stereocenters. The zero-order valence-corrected chi connectivity index (χ0v) is 21.6. The van der Waals surface area contributed by atoms with Gasteiger partial charge in [-0.25, -0.2) is 8.42 Å². The highest BCUT2D eigenvalue weighted by atomic mass is 35.5. The van der Waals surface area contributed by atoms with Gasteiger partial charge in [-0.2, -0.15) is 4.31 Å². The van der Waals surface area contributed by atoms with Gasteiger partial charge in [0.1, 0.15) is 5.75 Å². The van der Waals surface area contributed by atoms with E-state index in [9.17, 15) is 8.42 Å². The van der Waals surface area contributed by atoms with Crippen molar-refractivity contribution in [3.8, 4) is 5.75 Å². The van der Waals surface area contributed by atoms with E-state index in [2.05, 4.69) is 43.4 Å². The number of nitrogens with one attached hydrogen (secondary N) is 1. The van der Waals surface area contributed by atoms with Crippen LogP contribution in [-0.2, 0) is 26.6 Å². The second-order valence-electron chi connectivity index (χ2n) is 9.31. The molecule has 8 heteroatoms. The highest BCUT2D eigenvalue weighted by Crippen LogP contribution is 2.43. The van der Waals surface area contributed by atoms with E-state index in [1.54, 1.807) is 0 Å². The minimum Gasteiger partial charge on any atom is -0.494 e. The molecule has 1 fully saturated rings. The standard InChI is InChI=1S/C26H35ClN2O4S/c1-3-26(2,21-6-8-22(27)9-7-21)25-24-19-23(10-5-20(24)11-12-28-25)33-15-4-18-34(30,31)29-13-16-32-17-14-29/h5-10,19,25,28H,3-4,11-18H2,1-2H3. The lowest BCUT2D eigenvalue weighted by atomic mass is 9.69. The van der Waals surface area contributed by atoms with Crippen molar-refractivity contribution in [2.75, 3.05) is 45.2 Å². The number of morpholine rings is 1. The molecule has 0 radical (unpaired) electrons. The van der Waals surface area contributed by atoms with E-state index in [1.807, 2.05) is 18.2 Å². The van der Waals surface area contributed by atoms with Crippen molar-refractivity contribution in [3.63, 3.8) is 0 Å². The van der Waals surface area contributed by atoms with Gasteiger partial charge in [-0.3, -0.25) is 0 Å². The average Bonchev–Trinajstić information content (AvgIpc) is 2.86. The third kappa shape index (κ3) is 5.60. The zero-order valence-electron chi connectivity index (χ0n) is 20.1. The fourth-order valence-electron chi connectivity index (χ4n) is 4.98. The Morgan fingerprint density at radius 2 is 1.91 bits per heavy atom. The summed E-state index contributed by atoms with van der Waals surface area (Å²) in [5, 5.41) is 4.49. The highest BCUT2D eigenvalue weighted by Gasteiger charge is 2.38. The van der Waals surface area contributed by atoms with Crippen LogP contribution in [0.4, 0.5) is 0 Å². The van der Waals surface area contributed by atoms with Gasteiger partial charge >= 0.3 is 0 Å². The van der Waals surface area contributed by atoms with E-state index in [1.165, 1.54) is 21.0 Å². The molecule has 0 bridgehead atoms. The summed E-state index contributed by atoms with van der Waals surface area (Å²) in [7, 11) is -3.26. The minimum absolute atomic E-state index is 0.0899. The first-order valence-corrected chi connectivity index (χ1v) is 14.1. The van der Waals surface area contributed by atoms with Crippen LogP contribution >= 0.6 is 11.6 Å². The molecular weight excluding hydrogens is 472 g/mol. The van der Waals surface area contributed by atoms with Crippen LogP contribution in [0.2, 0.25) is 5.02 Å². The lowest BCUT2D eigenvalue weighted by molar-refractivity contribution is 0.0730. The van der Waals surface area contributed by atoms with Gasteiger partial charge in [0.05, 0.1) is 25.6 Å². The van der Waals surface area contributed by atoms with E-state index in [4.69, 9.17) is 21.1 Å². The molecule has 2 aromatic carbocycles. The van der Waals surface area contributed by atoms with Crippen LogP contribution in [0.25, 0.3) is 0 Å². The van der Waals surface area contributed by atoms with E-state index in [0.29, 0.717) is 39.3 Å². The van der Waals surface area contributed by atoms with E-state index < -0.39 is 10.0 Å². The zero-order chi connectivity index (χ0) is 24.2. The van der Waals surface area contributed by atoms with Gasteiger partial charge in [-0.15, -0.1) is 0 Å². The Hall–Kier alpha value is -1.64. The second-order valence-corrected chi connectivity index (χ2v) is 11.8. The van der Waals surface area contributed by atoms with Gasteiger partial charge < -0.3 is 14.8 Å². The van der Waals surface area contributed by atoms with Gasteiger partial charge in [0.2, 0.25) is 10.0 Å². The Labute approximate surface area is 208 Å². The molecule has 0 aliphatic carbocycles. The minimum atomic E-state index is -3.26. The fourth-order valence-corrected chi connectivity index (χ4v) is 6.55. The first kappa shape index (κ1) is 25.5. The third-order valence-corrected chi connectivity index (χ3v) is 9.43. The Bertz CT molecular complexity index is 1070. The topological polar surface area (TPSA) is 67.9 Å². The van der Waals surface area contributed by atoms with Gasteiger partial charge in [-0.05, 0) is 66.8 Å². The maximum atomic E-state index is 12.5. The summed E-state index contributed by atoms with van der Waals surface area (Å²) in [5.41, 5.74) is 3.73. The summed E-state index contributed by atoms with van der Waals surface area (Å²) in [6, 6.07) is 14.6. The van der Waals surface area contributed by atoms with Crippen molar-refractivity contribution in [3.05, 3.63) is 64.2 Å². The summed E-state index contributed by atoms with van der Waals surface area (Å²) in [6.45, 7) is 7.62. The number of benzene rings is 2. The van der Waals surface area contributed by atoms with E-state index in [0.717, 1.165) is 30.2 Å². The van der Waals surface area contributed by atoms with Gasteiger partial charge in [0, 0.05) is 29.6 Å². The Morgan fingerprint density at radius 1 is 1.18 bits per heavy atom. The molecule has 2 heterocycles. The second kappa shape index (κ2) is 11.0. The monoisotopic (exact) mass is 506 g/mol. The van der Waals surface area contributed by atoms with E-state index >= 15 is 0 Å². The molecule has 4 rings (SSSR count). The summed E-state index contributed by atoms with van der Waals surface area (Å²) in [5.74, 6) is 0.873.